The predicted octanol–water partition coefficient (Wildman–Crippen LogP) is 3.65. The van der Waals surface area contributed by atoms with Crippen molar-refractivity contribution in [1.82, 2.24) is 4.98 Å². The number of fused-ring (bicyclic) bond motifs is 3. The zero-order chi connectivity index (χ0) is 15.8. The summed E-state index contributed by atoms with van der Waals surface area (Å²) in [5.74, 6) is -0.300. The molecule has 3 aromatic rings. The Bertz CT molecular complexity index is 888. The first kappa shape index (κ1) is 14.2. The van der Waals surface area contributed by atoms with E-state index in [1.54, 1.807) is 17.4 Å². The molecule has 5 heteroatoms. The Labute approximate surface area is 138 Å². The van der Waals surface area contributed by atoms with Gasteiger partial charge in [-0.3, -0.25) is 4.98 Å². The smallest absolute Gasteiger partial charge is 0.337 e. The average molecular weight is 324 g/mol. The molecule has 3 heterocycles. The van der Waals surface area contributed by atoms with Crippen LogP contribution in [-0.4, -0.2) is 24.6 Å². The summed E-state index contributed by atoms with van der Waals surface area (Å²) >= 11 is 1.77. The van der Waals surface area contributed by atoms with Gasteiger partial charge in [0.25, 0.3) is 0 Å². The summed E-state index contributed by atoms with van der Waals surface area (Å²) in [6.07, 6.45) is 2.98. The molecule has 0 bridgehead atoms. The summed E-state index contributed by atoms with van der Waals surface area (Å²) in [7, 11) is 1.41. The van der Waals surface area contributed by atoms with E-state index in [1.165, 1.54) is 22.9 Å². The van der Waals surface area contributed by atoms with Gasteiger partial charge in [-0.1, -0.05) is 6.07 Å². The Morgan fingerprint density at radius 3 is 3.13 bits per heavy atom. The van der Waals surface area contributed by atoms with Crippen LogP contribution in [-0.2, 0) is 17.7 Å². The molecule has 0 amide bonds. The van der Waals surface area contributed by atoms with E-state index in [9.17, 15) is 4.79 Å². The van der Waals surface area contributed by atoms with Gasteiger partial charge in [0.15, 0.2) is 0 Å². The summed E-state index contributed by atoms with van der Waals surface area (Å²) in [6, 6.07) is 9.69. The summed E-state index contributed by atoms with van der Waals surface area (Å²) < 4.78 is 6.12. The van der Waals surface area contributed by atoms with Crippen LogP contribution < -0.4 is 4.90 Å². The van der Waals surface area contributed by atoms with E-state index >= 15 is 0 Å². The van der Waals surface area contributed by atoms with Crippen molar-refractivity contribution in [2.24, 2.45) is 0 Å². The molecule has 0 N–H and O–H groups in total. The predicted molar refractivity (Wildman–Crippen MR) is 92.2 cm³/mol. The Hall–Kier alpha value is -2.40. The third-order valence-corrected chi connectivity index (χ3v) is 5.25. The van der Waals surface area contributed by atoms with Crippen molar-refractivity contribution >= 4 is 33.2 Å². The number of benzene rings is 1. The van der Waals surface area contributed by atoms with E-state index in [0.717, 1.165) is 30.7 Å². The van der Waals surface area contributed by atoms with Crippen LogP contribution in [0.5, 0.6) is 0 Å². The highest BCUT2D eigenvalue weighted by atomic mass is 32.1. The fourth-order valence-electron chi connectivity index (χ4n) is 3.11. The molecule has 0 fully saturated rings. The largest absolute Gasteiger partial charge is 0.465 e. The minimum atomic E-state index is -0.300. The third-order valence-electron chi connectivity index (χ3n) is 4.29. The maximum absolute atomic E-state index is 11.7. The number of carbonyl (C=O) groups excluding carboxylic acids is 1. The number of esters is 1. The zero-order valence-electron chi connectivity index (χ0n) is 12.8. The summed E-state index contributed by atoms with van der Waals surface area (Å²) in [6.45, 7) is 1.76. The van der Waals surface area contributed by atoms with Gasteiger partial charge in [-0.15, -0.1) is 11.3 Å². The molecule has 0 unspecified atom stereocenters. The third kappa shape index (κ3) is 2.47. The van der Waals surface area contributed by atoms with Crippen LogP contribution in [0.15, 0.2) is 41.9 Å². The molecule has 1 aliphatic heterocycles. The Balaban J connectivity index is 1.66. The topological polar surface area (TPSA) is 42.4 Å². The zero-order valence-corrected chi connectivity index (χ0v) is 13.6. The van der Waals surface area contributed by atoms with Gasteiger partial charge in [0.1, 0.15) is 0 Å². The van der Waals surface area contributed by atoms with Crippen LogP contribution in [0.2, 0.25) is 0 Å². The van der Waals surface area contributed by atoms with Crippen molar-refractivity contribution in [2.45, 2.75) is 13.0 Å². The van der Waals surface area contributed by atoms with Crippen LogP contribution in [0.3, 0.4) is 0 Å². The number of anilines is 1. The van der Waals surface area contributed by atoms with E-state index in [2.05, 4.69) is 21.3 Å². The molecule has 4 nitrogen and oxygen atoms in total. The van der Waals surface area contributed by atoms with Crippen molar-refractivity contribution in [1.29, 1.82) is 0 Å². The van der Waals surface area contributed by atoms with Crippen LogP contribution in [0.1, 0.15) is 21.5 Å². The highest BCUT2D eigenvalue weighted by molar-refractivity contribution is 7.17. The number of hydrogen-bond donors (Lipinski definition) is 0. The van der Waals surface area contributed by atoms with E-state index in [1.807, 2.05) is 24.4 Å². The molecule has 0 radical (unpaired) electrons. The fourth-order valence-corrected chi connectivity index (χ4v) is 4.06. The SMILES string of the molecule is COC(=O)c1cccc(N2CCc3c(cnc4ccsc34)C2)c1. The lowest BCUT2D eigenvalue weighted by Gasteiger charge is -2.31. The average Bonchev–Trinajstić information content (AvgIpc) is 3.09. The van der Waals surface area contributed by atoms with Gasteiger partial charge >= 0.3 is 5.97 Å². The summed E-state index contributed by atoms with van der Waals surface area (Å²) in [4.78, 5) is 18.6. The molecule has 23 heavy (non-hydrogen) atoms. The molecule has 1 aliphatic rings. The molecular formula is C18H16N2O2S. The lowest BCUT2D eigenvalue weighted by atomic mass is 10.0. The monoisotopic (exact) mass is 324 g/mol. The van der Waals surface area contributed by atoms with Gasteiger partial charge in [0.05, 0.1) is 22.9 Å². The van der Waals surface area contributed by atoms with Gasteiger partial charge in [-0.25, -0.2) is 4.79 Å². The minimum Gasteiger partial charge on any atom is -0.465 e. The summed E-state index contributed by atoms with van der Waals surface area (Å²) in [5, 5.41) is 2.10. The van der Waals surface area contributed by atoms with E-state index in [-0.39, 0.29) is 5.97 Å². The van der Waals surface area contributed by atoms with E-state index < -0.39 is 0 Å². The number of ether oxygens (including phenoxy) is 1. The molecule has 0 saturated carbocycles. The molecule has 0 aliphatic carbocycles. The fraction of sp³-hybridized carbons (Fsp3) is 0.222. The van der Waals surface area contributed by atoms with Crippen LogP contribution in [0, 0.1) is 0 Å². The van der Waals surface area contributed by atoms with Gasteiger partial charge < -0.3 is 9.64 Å². The van der Waals surface area contributed by atoms with Crippen molar-refractivity contribution < 1.29 is 9.53 Å². The minimum absolute atomic E-state index is 0.300. The number of hydrogen-bond acceptors (Lipinski definition) is 5. The maximum atomic E-state index is 11.7. The highest BCUT2D eigenvalue weighted by Crippen LogP contribution is 2.31. The van der Waals surface area contributed by atoms with Gasteiger partial charge in [0, 0.05) is 25.0 Å². The lowest BCUT2D eigenvalue weighted by molar-refractivity contribution is 0.0601. The molecule has 4 rings (SSSR count). The second kappa shape index (κ2) is 5.66. The second-order valence-electron chi connectivity index (χ2n) is 5.61. The Kier molecular flexibility index (Phi) is 3.50. The first-order valence-corrected chi connectivity index (χ1v) is 8.41. The molecule has 0 saturated heterocycles. The Morgan fingerprint density at radius 2 is 2.26 bits per heavy atom. The number of rotatable bonds is 2. The van der Waals surface area contributed by atoms with Gasteiger partial charge in [-0.2, -0.15) is 0 Å². The molecule has 0 atom stereocenters. The second-order valence-corrected chi connectivity index (χ2v) is 6.53. The molecule has 0 spiro atoms. The quantitative estimate of drug-likeness (QED) is 0.675. The molecule has 2 aromatic heterocycles. The van der Waals surface area contributed by atoms with Crippen molar-refractivity contribution in [2.75, 3.05) is 18.6 Å². The van der Waals surface area contributed by atoms with E-state index in [0.29, 0.717) is 5.56 Å². The maximum Gasteiger partial charge on any atom is 0.337 e. The lowest BCUT2D eigenvalue weighted by Crippen LogP contribution is -2.30. The molecule has 1 aromatic carbocycles. The highest BCUT2D eigenvalue weighted by Gasteiger charge is 2.20. The normalized spacial score (nSPS) is 13.9. The number of thiophene rings is 1. The number of carbonyl (C=O) groups is 1. The molecular weight excluding hydrogens is 308 g/mol. The van der Waals surface area contributed by atoms with Crippen molar-refractivity contribution in [3.05, 3.63) is 58.6 Å². The van der Waals surface area contributed by atoms with E-state index in [4.69, 9.17) is 4.74 Å². The van der Waals surface area contributed by atoms with Crippen molar-refractivity contribution in [3.8, 4) is 0 Å². The standard InChI is InChI=1S/C18H16N2O2S/c1-22-18(21)12-3-2-4-14(9-12)20-7-5-15-13(11-20)10-19-16-6-8-23-17(15)16/h2-4,6,8-10H,5,7,11H2,1H3. The number of methoxy groups -OCH3 is 1. The van der Waals surface area contributed by atoms with Crippen LogP contribution in [0.25, 0.3) is 10.2 Å². The Morgan fingerprint density at radius 1 is 1.35 bits per heavy atom. The number of pyridine rings is 1. The van der Waals surface area contributed by atoms with Crippen molar-refractivity contribution in [3.63, 3.8) is 0 Å². The summed E-state index contributed by atoms with van der Waals surface area (Å²) in [5.41, 5.74) is 5.42. The van der Waals surface area contributed by atoms with Gasteiger partial charge in [-0.05, 0) is 47.2 Å². The van der Waals surface area contributed by atoms with Gasteiger partial charge in [0.2, 0.25) is 0 Å². The van der Waals surface area contributed by atoms with Crippen LogP contribution >= 0.6 is 11.3 Å². The first-order valence-electron chi connectivity index (χ1n) is 7.53. The van der Waals surface area contributed by atoms with Crippen LogP contribution in [0.4, 0.5) is 5.69 Å². The number of aromatic nitrogens is 1. The number of nitrogens with zero attached hydrogens (tertiary/aromatic N) is 2. The molecule has 116 valence electrons. The first-order chi connectivity index (χ1) is 11.3.